The minimum absolute atomic E-state index is 0.0789. The van der Waals surface area contributed by atoms with E-state index in [2.05, 4.69) is 21.4 Å². The van der Waals surface area contributed by atoms with Crippen LogP contribution in [-0.4, -0.2) is 11.2 Å². The Hall–Kier alpha value is -2.16. The molecule has 0 saturated heterocycles. The number of rotatable bonds is 1. The summed E-state index contributed by atoms with van der Waals surface area (Å²) in [6.45, 7) is 1.99. The summed E-state index contributed by atoms with van der Waals surface area (Å²) >= 11 is 0. The molecule has 0 aliphatic carbocycles. The van der Waals surface area contributed by atoms with Crippen LogP contribution in [0.4, 0.5) is 5.69 Å². The molecule has 0 saturated carbocycles. The maximum absolute atomic E-state index is 4.49. The van der Waals surface area contributed by atoms with E-state index in [-0.39, 0.29) is 6.17 Å². The highest BCUT2D eigenvalue weighted by atomic mass is 15.1. The number of aliphatic imine (C=N–C) groups is 1. The number of hydrogen-bond donors (Lipinski definition) is 1. The van der Waals surface area contributed by atoms with E-state index in [0.717, 1.165) is 22.6 Å². The van der Waals surface area contributed by atoms with Gasteiger partial charge in [0.15, 0.2) is 6.17 Å². The molecular weight excluding hydrogens is 210 g/mol. The smallest absolute Gasteiger partial charge is 0.161 e. The molecule has 2 heterocycles. The Kier molecular flexibility index (Phi) is 2.37. The van der Waals surface area contributed by atoms with Crippen molar-refractivity contribution in [2.45, 2.75) is 13.1 Å². The van der Waals surface area contributed by atoms with Crippen molar-refractivity contribution in [3.63, 3.8) is 0 Å². The van der Waals surface area contributed by atoms with Gasteiger partial charge in [0.2, 0.25) is 0 Å². The van der Waals surface area contributed by atoms with Crippen LogP contribution in [-0.2, 0) is 0 Å². The molecule has 1 aromatic carbocycles. The van der Waals surface area contributed by atoms with Crippen LogP contribution in [0.1, 0.15) is 23.1 Å². The molecule has 0 fully saturated rings. The predicted octanol–water partition coefficient (Wildman–Crippen LogP) is 2.93. The fourth-order valence-electron chi connectivity index (χ4n) is 1.95. The molecule has 0 spiro atoms. The second kappa shape index (κ2) is 4.01. The van der Waals surface area contributed by atoms with Crippen LogP contribution in [0, 0.1) is 6.92 Å². The number of fused-ring (bicyclic) bond motifs is 1. The van der Waals surface area contributed by atoms with Gasteiger partial charge < -0.3 is 5.32 Å². The second-order valence-corrected chi connectivity index (χ2v) is 4.12. The Bertz CT molecular complexity index is 575. The van der Waals surface area contributed by atoms with Crippen molar-refractivity contribution in [3.8, 4) is 0 Å². The summed E-state index contributed by atoms with van der Waals surface area (Å²) in [6.07, 6.45) is 1.82. The summed E-state index contributed by atoms with van der Waals surface area (Å²) in [5.41, 5.74) is 4.20. The molecule has 1 aliphatic rings. The molecular formula is C14H13N3. The van der Waals surface area contributed by atoms with Gasteiger partial charge in [-0.3, -0.25) is 9.98 Å². The van der Waals surface area contributed by atoms with Crippen LogP contribution < -0.4 is 5.32 Å². The largest absolute Gasteiger partial charge is 0.358 e. The molecule has 1 N–H and O–H groups in total. The van der Waals surface area contributed by atoms with Gasteiger partial charge in [0.05, 0.1) is 5.69 Å². The Morgan fingerprint density at radius 3 is 2.82 bits per heavy atom. The third kappa shape index (κ3) is 1.91. The van der Waals surface area contributed by atoms with Gasteiger partial charge in [-0.25, -0.2) is 0 Å². The summed E-state index contributed by atoms with van der Waals surface area (Å²) in [5.74, 6) is 0. The fraction of sp³-hybridized carbons (Fsp3) is 0.143. The summed E-state index contributed by atoms with van der Waals surface area (Å²) in [5, 5.41) is 3.38. The van der Waals surface area contributed by atoms with Gasteiger partial charge in [-0.05, 0) is 25.1 Å². The first-order valence-electron chi connectivity index (χ1n) is 5.65. The van der Waals surface area contributed by atoms with Crippen molar-refractivity contribution < 1.29 is 0 Å². The molecule has 2 aromatic rings. The molecule has 1 aromatic heterocycles. The van der Waals surface area contributed by atoms with Crippen LogP contribution >= 0.6 is 0 Å². The minimum Gasteiger partial charge on any atom is -0.358 e. The van der Waals surface area contributed by atoms with Crippen molar-refractivity contribution >= 4 is 11.9 Å². The van der Waals surface area contributed by atoms with Crippen LogP contribution in [0.2, 0.25) is 0 Å². The van der Waals surface area contributed by atoms with Gasteiger partial charge in [0, 0.05) is 23.2 Å². The third-order valence-electron chi connectivity index (χ3n) is 2.81. The Morgan fingerprint density at radius 1 is 1.06 bits per heavy atom. The Balaban J connectivity index is 1.95. The molecule has 0 radical (unpaired) electrons. The van der Waals surface area contributed by atoms with Crippen molar-refractivity contribution in [2.24, 2.45) is 4.99 Å². The highest BCUT2D eigenvalue weighted by Gasteiger charge is 2.15. The lowest BCUT2D eigenvalue weighted by Crippen LogP contribution is -2.15. The van der Waals surface area contributed by atoms with Crippen molar-refractivity contribution in [3.05, 3.63) is 59.4 Å². The Labute approximate surface area is 100 Å². The SMILES string of the molecule is Cc1cccc(C2N=Cc3ccccc3N2)n1. The standard InChI is InChI=1S/C14H13N3/c1-10-5-4-8-13(16-10)14-15-9-11-6-2-3-7-12(11)17-14/h2-9,14,17H,1H3. The summed E-state index contributed by atoms with van der Waals surface area (Å²) in [4.78, 5) is 8.98. The molecule has 1 atom stereocenters. The van der Waals surface area contributed by atoms with E-state index < -0.39 is 0 Å². The van der Waals surface area contributed by atoms with E-state index >= 15 is 0 Å². The highest BCUT2D eigenvalue weighted by Crippen LogP contribution is 2.25. The number of nitrogens with zero attached hydrogens (tertiary/aromatic N) is 2. The average molecular weight is 223 g/mol. The normalized spacial score (nSPS) is 17.4. The molecule has 3 heteroatoms. The van der Waals surface area contributed by atoms with E-state index in [4.69, 9.17) is 0 Å². The quantitative estimate of drug-likeness (QED) is 0.807. The molecule has 1 aliphatic heterocycles. The number of benzene rings is 1. The number of aromatic nitrogens is 1. The average Bonchev–Trinajstić information content (AvgIpc) is 2.38. The van der Waals surface area contributed by atoms with Crippen LogP contribution in [0.3, 0.4) is 0 Å². The van der Waals surface area contributed by atoms with E-state index in [1.807, 2.05) is 49.5 Å². The number of anilines is 1. The number of nitrogens with one attached hydrogen (secondary N) is 1. The fourth-order valence-corrected chi connectivity index (χ4v) is 1.95. The van der Waals surface area contributed by atoms with Gasteiger partial charge in [0.1, 0.15) is 0 Å². The van der Waals surface area contributed by atoms with Gasteiger partial charge in [-0.2, -0.15) is 0 Å². The van der Waals surface area contributed by atoms with Gasteiger partial charge in [0.25, 0.3) is 0 Å². The van der Waals surface area contributed by atoms with Crippen LogP contribution in [0.25, 0.3) is 0 Å². The van der Waals surface area contributed by atoms with E-state index in [9.17, 15) is 0 Å². The third-order valence-corrected chi connectivity index (χ3v) is 2.81. The molecule has 84 valence electrons. The number of para-hydroxylation sites is 1. The monoisotopic (exact) mass is 223 g/mol. The molecule has 17 heavy (non-hydrogen) atoms. The summed E-state index contributed by atoms with van der Waals surface area (Å²) in [7, 11) is 0. The number of aryl methyl sites for hydroxylation is 1. The van der Waals surface area contributed by atoms with E-state index in [1.165, 1.54) is 0 Å². The zero-order valence-corrected chi connectivity index (χ0v) is 9.59. The molecule has 3 nitrogen and oxygen atoms in total. The first kappa shape index (κ1) is 10.0. The molecule has 0 amide bonds. The lowest BCUT2D eigenvalue weighted by atomic mass is 10.1. The topological polar surface area (TPSA) is 37.3 Å². The van der Waals surface area contributed by atoms with Crippen molar-refractivity contribution in [1.82, 2.24) is 4.98 Å². The second-order valence-electron chi connectivity index (χ2n) is 4.12. The lowest BCUT2D eigenvalue weighted by Gasteiger charge is -2.21. The summed E-state index contributed by atoms with van der Waals surface area (Å²) in [6, 6.07) is 14.1. The van der Waals surface area contributed by atoms with Crippen molar-refractivity contribution in [1.29, 1.82) is 0 Å². The molecule has 3 rings (SSSR count). The maximum Gasteiger partial charge on any atom is 0.161 e. The van der Waals surface area contributed by atoms with Crippen LogP contribution in [0.5, 0.6) is 0 Å². The van der Waals surface area contributed by atoms with Crippen molar-refractivity contribution in [2.75, 3.05) is 5.32 Å². The maximum atomic E-state index is 4.49. The first-order chi connectivity index (χ1) is 8.33. The predicted molar refractivity (Wildman–Crippen MR) is 69.4 cm³/mol. The summed E-state index contributed by atoms with van der Waals surface area (Å²) < 4.78 is 0. The number of pyridine rings is 1. The minimum atomic E-state index is -0.0789. The van der Waals surface area contributed by atoms with Gasteiger partial charge in [-0.1, -0.05) is 24.3 Å². The number of hydrogen-bond acceptors (Lipinski definition) is 3. The van der Waals surface area contributed by atoms with E-state index in [1.54, 1.807) is 0 Å². The van der Waals surface area contributed by atoms with Crippen LogP contribution in [0.15, 0.2) is 47.5 Å². The zero-order valence-electron chi connectivity index (χ0n) is 9.59. The highest BCUT2D eigenvalue weighted by molar-refractivity contribution is 5.89. The molecule has 1 unspecified atom stereocenters. The van der Waals surface area contributed by atoms with Gasteiger partial charge >= 0.3 is 0 Å². The van der Waals surface area contributed by atoms with Gasteiger partial charge in [-0.15, -0.1) is 0 Å². The zero-order chi connectivity index (χ0) is 11.7. The first-order valence-corrected chi connectivity index (χ1v) is 5.65. The molecule has 0 bridgehead atoms. The Morgan fingerprint density at radius 2 is 1.94 bits per heavy atom. The lowest BCUT2D eigenvalue weighted by molar-refractivity contribution is 0.791. The van der Waals surface area contributed by atoms with E-state index in [0.29, 0.717) is 0 Å².